The van der Waals surface area contributed by atoms with Gasteiger partial charge >= 0.3 is 0 Å². The maximum atomic E-state index is 5.75. The van der Waals surface area contributed by atoms with E-state index < -0.39 is 0 Å². The highest BCUT2D eigenvalue weighted by molar-refractivity contribution is 9.10. The number of nitrogens with one attached hydrogen (secondary N) is 1. The minimum Gasteiger partial charge on any atom is -0.494 e. The normalized spacial score (nSPS) is 10.9. The Bertz CT molecular complexity index is 339. The van der Waals surface area contributed by atoms with Gasteiger partial charge in [0.05, 0.1) is 6.61 Å². The fourth-order valence-electron chi connectivity index (χ4n) is 1.65. The summed E-state index contributed by atoms with van der Waals surface area (Å²) in [6.45, 7) is 6.14. The largest absolute Gasteiger partial charge is 0.494 e. The molecule has 0 unspecified atom stereocenters. The third-order valence-corrected chi connectivity index (χ3v) is 3.35. The number of hydrogen-bond donors (Lipinski definition) is 1. The predicted octanol–water partition coefficient (Wildman–Crippen LogP) is 3.98. The third-order valence-electron chi connectivity index (χ3n) is 2.58. The Kier molecular flexibility index (Phi) is 6.60. The average molecular weight is 300 g/mol. The summed E-state index contributed by atoms with van der Waals surface area (Å²) < 4.78 is 6.88. The first-order chi connectivity index (χ1) is 8.13. The van der Waals surface area contributed by atoms with Gasteiger partial charge in [-0.15, -0.1) is 0 Å². The van der Waals surface area contributed by atoms with Crippen LogP contribution in [0.4, 0.5) is 0 Å². The van der Waals surface area contributed by atoms with Gasteiger partial charge in [-0.25, -0.2) is 0 Å². The molecule has 1 aromatic carbocycles. The Morgan fingerprint density at radius 1 is 1.35 bits per heavy atom. The summed E-state index contributed by atoms with van der Waals surface area (Å²) in [5, 5.41) is 3.15. The Hall–Kier alpha value is -0.540. The first kappa shape index (κ1) is 14.5. The van der Waals surface area contributed by atoms with Crippen LogP contribution in [0.5, 0.6) is 5.75 Å². The zero-order valence-electron chi connectivity index (χ0n) is 10.9. The van der Waals surface area contributed by atoms with Crippen molar-refractivity contribution in [2.75, 3.05) is 13.7 Å². The van der Waals surface area contributed by atoms with Crippen molar-refractivity contribution in [1.82, 2.24) is 5.32 Å². The van der Waals surface area contributed by atoms with Crippen LogP contribution < -0.4 is 10.1 Å². The van der Waals surface area contributed by atoms with Crippen LogP contribution in [0.2, 0.25) is 0 Å². The maximum Gasteiger partial charge on any atom is 0.119 e. The lowest BCUT2D eigenvalue weighted by molar-refractivity contribution is 0.297. The van der Waals surface area contributed by atoms with Crippen LogP contribution in [0.3, 0.4) is 0 Å². The van der Waals surface area contributed by atoms with Gasteiger partial charge in [0.15, 0.2) is 0 Å². The van der Waals surface area contributed by atoms with Crippen LogP contribution in [0.25, 0.3) is 0 Å². The molecule has 1 N–H and O–H groups in total. The molecule has 0 saturated heterocycles. The highest BCUT2D eigenvalue weighted by Gasteiger charge is 2.02. The summed E-state index contributed by atoms with van der Waals surface area (Å²) in [5.41, 5.74) is 1.23. The number of ether oxygens (including phenoxy) is 1. The molecule has 17 heavy (non-hydrogen) atoms. The van der Waals surface area contributed by atoms with E-state index in [-0.39, 0.29) is 0 Å². The highest BCUT2D eigenvalue weighted by atomic mass is 79.9. The molecule has 1 aromatic rings. The summed E-state index contributed by atoms with van der Waals surface area (Å²) in [7, 11) is 1.95. The van der Waals surface area contributed by atoms with Crippen LogP contribution in [-0.2, 0) is 6.54 Å². The van der Waals surface area contributed by atoms with Crippen molar-refractivity contribution >= 4 is 15.9 Å². The lowest BCUT2D eigenvalue weighted by atomic mass is 10.1. The zero-order valence-corrected chi connectivity index (χ0v) is 12.5. The lowest BCUT2D eigenvalue weighted by Gasteiger charge is -2.10. The zero-order chi connectivity index (χ0) is 12.7. The van der Waals surface area contributed by atoms with Crippen molar-refractivity contribution in [3.8, 4) is 5.75 Å². The van der Waals surface area contributed by atoms with Gasteiger partial charge in [0.1, 0.15) is 5.75 Å². The molecule has 0 aromatic heterocycles. The van der Waals surface area contributed by atoms with Crippen LogP contribution in [0.1, 0.15) is 32.3 Å². The molecule has 2 nitrogen and oxygen atoms in total. The van der Waals surface area contributed by atoms with E-state index in [1.807, 2.05) is 19.2 Å². The second-order valence-electron chi connectivity index (χ2n) is 4.67. The molecule has 0 spiro atoms. The molecule has 3 heteroatoms. The quantitative estimate of drug-likeness (QED) is 0.769. The molecular weight excluding hydrogens is 278 g/mol. The SMILES string of the molecule is CNCc1cc(OCCCC(C)C)ccc1Br. The second-order valence-corrected chi connectivity index (χ2v) is 5.52. The molecule has 0 aliphatic carbocycles. The molecule has 0 amide bonds. The molecule has 1 rings (SSSR count). The third kappa shape index (κ3) is 5.55. The predicted molar refractivity (Wildman–Crippen MR) is 76.5 cm³/mol. The van der Waals surface area contributed by atoms with Gasteiger partial charge in [0.25, 0.3) is 0 Å². The average Bonchev–Trinajstić information content (AvgIpc) is 2.28. The van der Waals surface area contributed by atoms with E-state index in [2.05, 4.69) is 41.2 Å². The van der Waals surface area contributed by atoms with E-state index in [9.17, 15) is 0 Å². The first-order valence-electron chi connectivity index (χ1n) is 6.19. The van der Waals surface area contributed by atoms with Crippen molar-refractivity contribution in [1.29, 1.82) is 0 Å². The molecule has 0 bridgehead atoms. The van der Waals surface area contributed by atoms with Crippen molar-refractivity contribution in [3.05, 3.63) is 28.2 Å². The molecule has 0 radical (unpaired) electrons. The monoisotopic (exact) mass is 299 g/mol. The summed E-state index contributed by atoms with van der Waals surface area (Å²) in [4.78, 5) is 0. The van der Waals surface area contributed by atoms with E-state index in [1.54, 1.807) is 0 Å². The summed E-state index contributed by atoms with van der Waals surface area (Å²) in [6, 6.07) is 6.15. The van der Waals surface area contributed by atoms with Gasteiger partial charge in [-0.1, -0.05) is 29.8 Å². The number of halogens is 1. The number of hydrogen-bond acceptors (Lipinski definition) is 2. The van der Waals surface area contributed by atoms with Gasteiger partial charge in [-0.05, 0) is 49.6 Å². The van der Waals surface area contributed by atoms with Gasteiger partial charge in [0, 0.05) is 11.0 Å². The summed E-state index contributed by atoms with van der Waals surface area (Å²) >= 11 is 3.54. The summed E-state index contributed by atoms with van der Waals surface area (Å²) in [6.07, 6.45) is 2.34. The second kappa shape index (κ2) is 7.72. The molecular formula is C14H22BrNO. The van der Waals surface area contributed by atoms with Gasteiger partial charge in [0.2, 0.25) is 0 Å². The Balaban J connectivity index is 2.45. The van der Waals surface area contributed by atoms with Crippen LogP contribution in [0.15, 0.2) is 22.7 Å². The minimum atomic E-state index is 0.753. The van der Waals surface area contributed by atoms with Crippen molar-refractivity contribution in [3.63, 3.8) is 0 Å². The van der Waals surface area contributed by atoms with Crippen LogP contribution in [0, 0.1) is 5.92 Å². The topological polar surface area (TPSA) is 21.3 Å². The van der Waals surface area contributed by atoms with Gasteiger partial charge in [-0.3, -0.25) is 0 Å². The molecule has 0 saturated carbocycles. The maximum absolute atomic E-state index is 5.75. The van der Waals surface area contributed by atoms with Crippen molar-refractivity contribution in [2.24, 2.45) is 5.92 Å². The number of benzene rings is 1. The van der Waals surface area contributed by atoms with Crippen LogP contribution in [-0.4, -0.2) is 13.7 Å². The molecule has 0 fully saturated rings. The van der Waals surface area contributed by atoms with Crippen LogP contribution >= 0.6 is 15.9 Å². The summed E-state index contributed by atoms with van der Waals surface area (Å²) in [5.74, 6) is 1.71. The molecule has 0 atom stereocenters. The first-order valence-corrected chi connectivity index (χ1v) is 6.98. The van der Waals surface area contributed by atoms with E-state index >= 15 is 0 Å². The van der Waals surface area contributed by atoms with E-state index in [4.69, 9.17) is 4.74 Å². The lowest BCUT2D eigenvalue weighted by Crippen LogP contribution is -2.06. The van der Waals surface area contributed by atoms with E-state index in [0.717, 1.165) is 35.7 Å². The van der Waals surface area contributed by atoms with E-state index in [0.29, 0.717) is 0 Å². The Labute approximate surface area is 113 Å². The standard InChI is InChI=1S/C14H22BrNO/c1-11(2)5-4-8-17-13-6-7-14(15)12(9-13)10-16-3/h6-7,9,11,16H,4-5,8,10H2,1-3H3. The van der Waals surface area contributed by atoms with Gasteiger partial charge in [-0.2, -0.15) is 0 Å². The number of rotatable bonds is 7. The molecule has 0 heterocycles. The Morgan fingerprint density at radius 2 is 2.12 bits per heavy atom. The smallest absolute Gasteiger partial charge is 0.119 e. The fraction of sp³-hybridized carbons (Fsp3) is 0.571. The Morgan fingerprint density at radius 3 is 2.76 bits per heavy atom. The van der Waals surface area contributed by atoms with Crippen molar-refractivity contribution < 1.29 is 4.74 Å². The molecule has 0 aliphatic heterocycles. The van der Waals surface area contributed by atoms with E-state index in [1.165, 1.54) is 12.0 Å². The van der Waals surface area contributed by atoms with Gasteiger partial charge < -0.3 is 10.1 Å². The molecule has 96 valence electrons. The minimum absolute atomic E-state index is 0.753. The fourth-order valence-corrected chi connectivity index (χ4v) is 2.04. The highest BCUT2D eigenvalue weighted by Crippen LogP contribution is 2.22. The van der Waals surface area contributed by atoms with Crippen molar-refractivity contribution in [2.45, 2.75) is 33.2 Å². The molecule has 0 aliphatic rings.